The maximum Gasteiger partial charge on any atom is 0.245 e. The lowest BCUT2D eigenvalue weighted by molar-refractivity contribution is 0.592. The molecular weight excluding hydrogens is 85.0 g/mol. The van der Waals surface area contributed by atoms with Crippen molar-refractivity contribution >= 4 is 8.61 Å². The molecule has 0 unspecified atom stereocenters. The van der Waals surface area contributed by atoms with Crippen molar-refractivity contribution in [2.24, 2.45) is 0 Å². The zero-order valence-electron chi connectivity index (χ0n) is 3.06. The van der Waals surface area contributed by atoms with Gasteiger partial charge in [-0.1, -0.05) is 6.92 Å². The summed E-state index contributed by atoms with van der Waals surface area (Å²) in [6.07, 6.45) is 0. The molecule has 2 nitrogen and oxygen atoms in total. The molecule has 0 bridgehead atoms. The van der Waals surface area contributed by atoms with Crippen LogP contribution in [-0.4, -0.2) is 6.54 Å². The monoisotopic (exact) mass is 91.0 g/mol. The summed E-state index contributed by atoms with van der Waals surface area (Å²) in [4.78, 5) is 0. The molecule has 30 valence electrons. The van der Waals surface area contributed by atoms with Crippen LogP contribution in [0, 0.1) is 0 Å². The third-order valence-electron chi connectivity index (χ3n) is 0.223. The maximum absolute atomic E-state index is 9.39. The van der Waals surface area contributed by atoms with Crippen LogP contribution in [0.3, 0.4) is 0 Å². The molecule has 0 rings (SSSR count). The minimum absolute atomic E-state index is 0.0297. The van der Waals surface area contributed by atoms with Crippen LogP contribution in [0.5, 0.6) is 0 Å². The zero-order valence-corrected chi connectivity index (χ0v) is 3.96. The fourth-order valence-electron chi connectivity index (χ4n) is 0.0645. The van der Waals surface area contributed by atoms with Crippen molar-refractivity contribution < 1.29 is 4.57 Å². The van der Waals surface area contributed by atoms with Crippen LogP contribution in [0.25, 0.3) is 0 Å². The fraction of sp³-hybridized carbons (Fsp3) is 1.00. The number of rotatable bonds is 2. The molecule has 0 atom stereocenters. The molecule has 0 aromatic heterocycles. The first-order valence-electron chi connectivity index (χ1n) is 1.47. The number of hydrogen-bond donors (Lipinski definition) is 1. The highest BCUT2D eigenvalue weighted by Crippen LogP contribution is 1.73. The van der Waals surface area contributed by atoms with E-state index < -0.39 is 0 Å². The largest absolute Gasteiger partial charge is 0.256 e. The smallest absolute Gasteiger partial charge is 0.245 e. The molecule has 0 heterocycles. The summed E-state index contributed by atoms with van der Waals surface area (Å²) in [7, 11) is 0.0297. The molecule has 0 spiro atoms. The van der Waals surface area contributed by atoms with Crippen LogP contribution in [0.15, 0.2) is 0 Å². The summed E-state index contributed by atoms with van der Waals surface area (Å²) < 4.78 is 9.39. The first-order valence-corrected chi connectivity index (χ1v) is 2.28. The Morgan fingerprint density at radius 3 is 2.60 bits per heavy atom. The van der Waals surface area contributed by atoms with Crippen LogP contribution in [0.2, 0.25) is 0 Å². The molecule has 0 aromatic carbocycles. The van der Waals surface area contributed by atoms with Gasteiger partial charge in [0.05, 0.1) is 0 Å². The Morgan fingerprint density at radius 2 is 2.60 bits per heavy atom. The highest BCUT2D eigenvalue weighted by Gasteiger charge is 1.63. The van der Waals surface area contributed by atoms with Gasteiger partial charge in [0, 0.05) is 6.54 Å². The molecule has 5 heavy (non-hydrogen) atoms. The minimum atomic E-state index is 0.0297. The van der Waals surface area contributed by atoms with Crippen LogP contribution in [-0.2, 0) is 4.57 Å². The topological polar surface area (TPSA) is 29.1 Å². The molecule has 0 aliphatic rings. The first-order chi connectivity index (χ1) is 2.41. The van der Waals surface area contributed by atoms with Gasteiger partial charge in [-0.15, -0.1) is 0 Å². The van der Waals surface area contributed by atoms with Crippen molar-refractivity contribution in [3.8, 4) is 0 Å². The average molecular weight is 91.0 g/mol. The molecule has 3 heteroatoms. The predicted octanol–water partition coefficient (Wildman–Crippen LogP) is 0.803. The van der Waals surface area contributed by atoms with Crippen molar-refractivity contribution in [2.75, 3.05) is 6.54 Å². The Bertz CT molecular complexity index is 30.8. The van der Waals surface area contributed by atoms with E-state index >= 15 is 0 Å². The summed E-state index contributed by atoms with van der Waals surface area (Å²) >= 11 is 0. The molecule has 0 fully saturated rings. The van der Waals surface area contributed by atoms with Gasteiger partial charge in [-0.3, -0.25) is 4.57 Å². The van der Waals surface area contributed by atoms with Gasteiger partial charge in [0.25, 0.3) is 0 Å². The van der Waals surface area contributed by atoms with Crippen molar-refractivity contribution in [1.29, 1.82) is 0 Å². The van der Waals surface area contributed by atoms with E-state index in [0.717, 1.165) is 6.54 Å². The molecule has 1 N–H and O–H groups in total. The van der Waals surface area contributed by atoms with Crippen LogP contribution >= 0.6 is 8.61 Å². The summed E-state index contributed by atoms with van der Waals surface area (Å²) in [5.74, 6) is 0. The van der Waals surface area contributed by atoms with Crippen molar-refractivity contribution in [3.63, 3.8) is 0 Å². The summed E-state index contributed by atoms with van der Waals surface area (Å²) in [6, 6.07) is 0. The zero-order chi connectivity index (χ0) is 4.12. The molecule has 0 saturated carbocycles. The second-order valence-electron chi connectivity index (χ2n) is 0.603. The van der Waals surface area contributed by atoms with Gasteiger partial charge in [0.2, 0.25) is 8.61 Å². The van der Waals surface area contributed by atoms with Crippen molar-refractivity contribution in [2.45, 2.75) is 6.92 Å². The lowest BCUT2D eigenvalue weighted by Crippen LogP contribution is -1.92. The van der Waals surface area contributed by atoms with E-state index in [9.17, 15) is 4.57 Å². The quantitative estimate of drug-likeness (QED) is 0.509. The molecule has 0 aliphatic heterocycles. The van der Waals surface area contributed by atoms with Gasteiger partial charge >= 0.3 is 0 Å². The fourth-order valence-corrected chi connectivity index (χ4v) is 0.194. The lowest BCUT2D eigenvalue weighted by atomic mass is 10.8. The lowest BCUT2D eigenvalue weighted by Gasteiger charge is -1.73. The van der Waals surface area contributed by atoms with E-state index in [1.54, 1.807) is 0 Å². The highest BCUT2D eigenvalue weighted by molar-refractivity contribution is 7.21. The maximum atomic E-state index is 9.39. The van der Waals surface area contributed by atoms with Gasteiger partial charge in [0.15, 0.2) is 0 Å². The van der Waals surface area contributed by atoms with Gasteiger partial charge in [-0.2, -0.15) is 0 Å². The van der Waals surface area contributed by atoms with Crippen molar-refractivity contribution in [1.82, 2.24) is 5.09 Å². The van der Waals surface area contributed by atoms with E-state index in [4.69, 9.17) is 0 Å². The normalized spacial score (nSPS) is 9.00. The molecule has 0 amide bonds. The molecular formula is C2H6NOP. The first kappa shape index (κ1) is 5.06. The van der Waals surface area contributed by atoms with Gasteiger partial charge in [-0.05, 0) is 0 Å². The van der Waals surface area contributed by atoms with Crippen molar-refractivity contribution in [3.05, 3.63) is 0 Å². The Balaban J connectivity index is 2.40. The average Bonchev–Trinajstić information content (AvgIpc) is 1.41. The van der Waals surface area contributed by atoms with Crippen LogP contribution in [0.1, 0.15) is 6.92 Å². The number of nitrogens with one attached hydrogen (secondary N) is 1. The third kappa shape index (κ3) is 4.06. The van der Waals surface area contributed by atoms with E-state index in [0.29, 0.717) is 0 Å². The van der Waals surface area contributed by atoms with E-state index in [1.807, 2.05) is 6.92 Å². The van der Waals surface area contributed by atoms with E-state index in [-0.39, 0.29) is 8.61 Å². The van der Waals surface area contributed by atoms with Crippen LogP contribution in [0.4, 0.5) is 0 Å². The minimum Gasteiger partial charge on any atom is -0.256 e. The summed E-state index contributed by atoms with van der Waals surface area (Å²) in [5, 5.41) is 2.53. The highest BCUT2D eigenvalue weighted by atomic mass is 31.1. The van der Waals surface area contributed by atoms with E-state index in [2.05, 4.69) is 5.09 Å². The Kier molecular flexibility index (Phi) is 4.11. The van der Waals surface area contributed by atoms with Gasteiger partial charge in [0.1, 0.15) is 0 Å². The Morgan fingerprint density at radius 1 is 2.00 bits per heavy atom. The Labute approximate surface area is 32.8 Å². The third-order valence-corrected chi connectivity index (χ3v) is 0.668. The van der Waals surface area contributed by atoms with E-state index in [1.165, 1.54) is 0 Å². The SMILES string of the molecule is CCNP=O. The standard InChI is InChI=1S/C2H6NOP/c1-2-3-5-4/h2H2,1H3,(H,3,4). The summed E-state index contributed by atoms with van der Waals surface area (Å²) in [6.45, 7) is 2.66. The second-order valence-corrected chi connectivity index (χ2v) is 1.10. The second kappa shape index (κ2) is 4.06. The predicted molar refractivity (Wildman–Crippen MR) is 21.3 cm³/mol. The Hall–Kier alpha value is 0.0600. The summed E-state index contributed by atoms with van der Waals surface area (Å²) in [5.41, 5.74) is 0. The number of hydrogen-bond acceptors (Lipinski definition) is 1. The van der Waals surface area contributed by atoms with Gasteiger partial charge < -0.3 is 0 Å². The molecule has 0 aromatic rings. The molecule has 0 aliphatic carbocycles. The van der Waals surface area contributed by atoms with Gasteiger partial charge in [-0.25, -0.2) is 5.09 Å². The van der Waals surface area contributed by atoms with Crippen LogP contribution < -0.4 is 5.09 Å². The molecule has 0 saturated heterocycles. The molecule has 0 radical (unpaired) electrons.